The second-order valence-electron chi connectivity index (χ2n) is 5.53. The summed E-state index contributed by atoms with van der Waals surface area (Å²) in [6.45, 7) is 8.08. The first-order valence-corrected chi connectivity index (χ1v) is 9.08. The first-order valence-electron chi connectivity index (χ1n) is 9.08. The van der Waals surface area contributed by atoms with Gasteiger partial charge in [-0.1, -0.05) is 5.92 Å². The fourth-order valence-corrected chi connectivity index (χ4v) is 2.25. The van der Waals surface area contributed by atoms with Crippen LogP contribution in [0, 0.1) is 12.3 Å². The van der Waals surface area contributed by atoms with Crippen molar-refractivity contribution >= 4 is 0 Å². The summed E-state index contributed by atoms with van der Waals surface area (Å²) < 4.78 is 32.4. The van der Waals surface area contributed by atoms with E-state index in [1.807, 2.05) is 0 Å². The van der Waals surface area contributed by atoms with E-state index in [4.69, 9.17) is 34.8 Å². The Kier molecular flexibility index (Phi) is 16.1. The molecule has 0 atom stereocenters. The van der Waals surface area contributed by atoms with E-state index in [9.17, 15) is 0 Å². The zero-order chi connectivity index (χ0) is 17.8. The van der Waals surface area contributed by atoms with Crippen molar-refractivity contribution in [2.75, 3.05) is 85.8 Å². The number of nitrogens with one attached hydrogen (secondary N) is 1. The summed E-state index contributed by atoms with van der Waals surface area (Å²) in [5, 5.41) is 3.32. The van der Waals surface area contributed by atoms with Gasteiger partial charge in [0, 0.05) is 0 Å². The zero-order valence-electron chi connectivity index (χ0n) is 15.2. The molecule has 1 fully saturated rings. The predicted molar refractivity (Wildman–Crippen MR) is 94.8 cm³/mol. The number of terminal acetylenes is 1. The van der Waals surface area contributed by atoms with Crippen molar-refractivity contribution in [1.82, 2.24) is 5.32 Å². The van der Waals surface area contributed by atoms with Gasteiger partial charge in [0.15, 0.2) is 0 Å². The summed E-state index contributed by atoms with van der Waals surface area (Å²) >= 11 is 0. The molecule has 0 aromatic carbocycles. The Hall–Kier alpha value is -0.720. The Morgan fingerprint density at radius 2 is 1.12 bits per heavy atom. The van der Waals surface area contributed by atoms with Crippen molar-refractivity contribution < 1.29 is 28.4 Å². The minimum Gasteiger partial charge on any atom is -0.377 e. The molecular formula is C18H33NO6. The van der Waals surface area contributed by atoms with E-state index in [-0.39, 0.29) is 0 Å². The van der Waals surface area contributed by atoms with Crippen molar-refractivity contribution in [3.8, 4) is 12.3 Å². The van der Waals surface area contributed by atoms with Gasteiger partial charge in [0.2, 0.25) is 0 Å². The fourth-order valence-electron chi connectivity index (χ4n) is 2.25. The van der Waals surface area contributed by atoms with E-state index in [0.717, 1.165) is 25.9 Å². The number of rotatable bonds is 17. The summed E-state index contributed by atoms with van der Waals surface area (Å²) in [6, 6.07) is 0. The number of hydrogen-bond donors (Lipinski definition) is 1. The Bertz CT molecular complexity index is 317. The largest absolute Gasteiger partial charge is 0.377 e. The Morgan fingerprint density at radius 3 is 1.60 bits per heavy atom. The van der Waals surface area contributed by atoms with E-state index in [1.165, 1.54) is 0 Å². The van der Waals surface area contributed by atoms with Crippen LogP contribution in [-0.4, -0.2) is 91.9 Å². The highest BCUT2D eigenvalue weighted by molar-refractivity contribution is 4.82. The highest BCUT2D eigenvalue weighted by Crippen LogP contribution is 2.06. The molecule has 7 heteroatoms. The third-order valence-electron chi connectivity index (χ3n) is 3.54. The van der Waals surface area contributed by atoms with Gasteiger partial charge in [-0.25, -0.2) is 0 Å². The lowest BCUT2D eigenvalue weighted by Gasteiger charge is -2.22. The molecule has 0 aromatic rings. The van der Waals surface area contributed by atoms with Crippen LogP contribution in [0.15, 0.2) is 0 Å². The summed E-state index contributed by atoms with van der Waals surface area (Å²) in [6.07, 6.45) is 7.62. The maximum atomic E-state index is 5.75. The highest BCUT2D eigenvalue weighted by Gasteiger charge is 2.12. The zero-order valence-corrected chi connectivity index (χ0v) is 15.2. The van der Waals surface area contributed by atoms with Crippen LogP contribution < -0.4 is 5.32 Å². The number of piperidine rings is 1. The highest BCUT2D eigenvalue weighted by atomic mass is 16.6. The van der Waals surface area contributed by atoms with Crippen LogP contribution in [0.1, 0.15) is 12.8 Å². The molecule has 146 valence electrons. The molecule has 1 N–H and O–H groups in total. The van der Waals surface area contributed by atoms with Gasteiger partial charge < -0.3 is 33.7 Å². The molecule has 7 nitrogen and oxygen atoms in total. The van der Waals surface area contributed by atoms with E-state index < -0.39 is 0 Å². The second kappa shape index (κ2) is 18.1. The van der Waals surface area contributed by atoms with Crippen LogP contribution in [-0.2, 0) is 28.4 Å². The van der Waals surface area contributed by atoms with Gasteiger partial charge in [-0.3, -0.25) is 0 Å². The SMILES string of the molecule is C#CCOCCOCCOCCOCCOCCOC1CCNCC1. The lowest BCUT2D eigenvalue weighted by molar-refractivity contribution is -0.0292. The summed E-state index contributed by atoms with van der Waals surface area (Å²) in [4.78, 5) is 0. The molecule has 0 spiro atoms. The molecule has 1 heterocycles. The first-order chi connectivity index (χ1) is 12.4. The second-order valence-corrected chi connectivity index (χ2v) is 5.53. The van der Waals surface area contributed by atoms with Crippen LogP contribution in [0.3, 0.4) is 0 Å². The van der Waals surface area contributed by atoms with Gasteiger partial charge in [-0.05, 0) is 25.9 Å². The minimum absolute atomic E-state index is 0.326. The molecule has 0 aliphatic carbocycles. The van der Waals surface area contributed by atoms with Gasteiger partial charge in [0.25, 0.3) is 0 Å². The molecule has 0 bridgehead atoms. The number of hydrogen-bond acceptors (Lipinski definition) is 7. The van der Waals surface area contributed by atoms with E-state index in [1.54, 1.807) is 0 Å². The van der Waals surface area contributed by atoms with E-state index in [0.29, 0.717) is 78.8 Å². The molecular weight excluding hydrogens is 326 g/mol. The lowest BCUT2D eigenvalue weighted by Crippen LogP contribution is -2.33. The maximum Gasteiger partial charge on any atom is 0.107 e. The van der Waals surface area contributed by atoms with Crippen LogP contribution in [0.4, 0.5) is 0 Å². The molecule has 0 unspecified atom stereocenters. The number of ether oxygens (including phenoxy) is 6. The third kappa shape index (κ3) is 15.3. The van der Waals surface area contributed by atoms with Crippen LogP contribution >= 0.6 is 0 Å². The minimum atomic E-state index is 0.326. The molecule has 0 amide bonds. The molecule has 1 saturated heterocycles. The molecule has 0 saturated carbocycles. The summed E-state index contributed by atoms with van der Waals surface area (Å²) in [5.41, 5.74) is 0. The lowest BCUT2D eigenvalue weighted by atomic mass is 10.1. The quantitative estimate of drug-likeness (QED) is 0.299. The van der Waals surface area contributed by atoms with Crippen molar-refractivity contribution in [2.45, 2.75) is 18.9 Å². The monoisotopic (exact) mass is 359 g/mol. The van der Waals surface area contributed by atoms with Gasteiger partial charge in [0.1, 0.15) is 6.61 Å². The smallest absolute Gasteiger partial charge is 0.107 e. The van der Waals surface area contributed by atoms with Crippen LogP contribution in [0.5, 0.6) is 0 Å². The third-order valence-corrected chi connectivity index (χ3v) is 3.54. The van der Waals surface area contributed by atoms with Gasteiger partial charge in [0.05, 0.1) is 72.2 Å². The van der Waals surface area contributed by atoms with Crippen molar-refractivity contribution in [3.63, 3.8) is 0 Å². The molecule has 1 rings (SSSR count). The summed E-state index contributed by atoms with van der Waals surface area (Å²) in [5.74, 6) is 2.40. The topological polar surface area (TPSA) is 67.4 Å². The molecule has 0 radical (unpaired) electrons. The van der Waals surface area contributed by atoms with Crippen LogP contribution in [0.2, 0.25) is 0 Å². The average molecular weight is 359 g/mol. The maximum absolute atomic E-state index is 5.75. The van der Waals surface area contributed by atoms with Gasteiger partial charge in [-0.2, -0.15) is 0 Å². The van der Waals surface area contributed by atoms with Crippen molar-refractivity contribution in [2.24, 2.45) is 0 Å². The predicted octanol–water partition coefficient (Wildman–Crippen LogP) is 0.471. The van der Waals surface area contributed by atoms with Crippen molar-refractivity contribution in [3.05, 3.63) is 0 Å². The van der Waals surface area contributed by atoms with Gasteiger partial charge >= 0.3 is 0 Å². The van der Waals surface area contributed by atoms with Crippen molar-refractivity contribution in [1.29, 1.82) is 0 Å². The Labute approximate surface area is 151 Å². The van der Waals surface area contributed by atoms with Gasteiger partial charge in [-0.15, -0.1) is 6.42 Å². The van der Waals surface area contributed by atoms with E-state index in [2.05, 4.69) is 11.2 Å². The molecule has 0 aromatic heterocycles. The summed E-state index contributed by atoms with van der Waals surface area (Å²) in [7, 11) is 0. The molecule has 25 heavy (non-hydrogen) atoms. The fraction of sp³-hybridized carbons (Fsp3) is 0.889. The normalized spacial score (nSPS) is 15.3. The van der Waals surface area contributed by atoms with E-state index >= 15 is 0 Å². The molecule has 1 aliphatic rings. The van der Waals surface area contributed by atoms with Crippen LogP contribution in [0.25, 0.3) is 0 Å². The average Bonchev–Trinajstić information content (AvgIpc) is 2.65. The standard InChI is InChI=1S/C18H33NO6/c1-2-7-20-8-9-21-10-11-22-12-13-23-14-15-24-16-17-25-18-3-5-19-6-4-18/h1,18-19H,3-17H2. The first kappa shape index (κ1) is 22.3. The molecule has 1 aliphatic heterocycles. The Balaban J connectivity index is 1.66. The Morgan fingerprint density at radius 1 is 0.680 bits per heavy atom.